The van der Waals surface area contributed by atoms with Crippen molar-refractivity contribution >= 4 is 28.4 Å². The SMILES string of the molecule is Fc1ccccc1C1=C(NC2CCCCC2)N2c3c(ccc4cccnc34)C=CC2O1. The summed E-state index contributed by atoms with van der Waals surface area (Å²) in [6, 6.07) is 15.4. The molecule has 6 rings (SSSR count). The summed E-state index contributed by atoms with van der Waals surface area (Å²) in [4.78, 5) is 6.86. The topological polar surface area (TPSA) is 37.4 Å². The second-order valence-electron chi connectivity index (χ2n) is 8.45. The van der Waals surface area contributed by atoms with Crippen molar-refractivity contribution in [3.63, 3.8) is 0 Å². The van der Waals surface area contributed by atoms with E-state index in [0.29, 0.717) is 17.4 Å². The lowest BCUT2D eigenvalue weighted by atomic mass is 9.95. The smallest absolute Gasteiger partial charge is 0.197 e. The van der Waals surface area contributed by atoms with Crippen LogP contribution in [0.4, 0.5) is 10.1 Å². The summed E-state index contributed by atoms with van der Waals surface area (Å²) < 4.78 is 21.2. The molecule has 3 aliphatic rings. The van der Waals surface area contributed by atoms with Gasteiger partial charge in [-0.25, -0.2) is 4.39 Å². The highest BCUT2D eigenvalue weighted by atomic mass is 19.1. The van der Waals surface area contributed by atoms with Gasteiger partial charge in [0.25, 0.3) is 0 Å². The molecule has 2 aromatic carbocycles. The number of halogens is 1. The fraction of sp³-hybridized carbons (Fsp3) is 0.269. The molecular formula is C26H24FN3O. The van der Waals surface area contributed by atoms with Gasteiger partial charge in [0.15, 0.2) is 17.8 Å². The van der Waals surface area contributed by atoms with Gasteiger partial charge in [-0.15, -0.1) is 0 Å². The third kappa shape index (κ3) is 3.07. The molecule has 3 heterocycles. The molecule has 1 fully saturated rings. The first-order valence-electron chi connectivity index (χ1n) is 11.1. The fourth-order valence-electron chi connectivity index (χ4n) is 4.96. The van der Waals surface area contributed by atoms with E-state index in [-0.39, 0.29) is 12.0 Å². The molecule has 0 amide bonds. The summed E-state index contributed by atoms with van der Waals surface area (Å²) in [6.45, 7) is 0. The van der Waals surface area contributed by atoms with Crippen LogP contribution in [0.25, 0.3) is 22.7 Å². The monoisotopic (exact) mass is 413 g/mol. The molecule has 31 heavy (non-hydrogen) atoms. The Balaban J connectivity index is 1.54. The van der Waals surface area contributed by atoms with E-state index in [2.05, 4.69) is 34.5 Å². The van der Waals surface area contributed by atoms with Gasteiger partial charge in [-0.1, -0.05) is 55.7 Å². The van der Waals surface area contributed by atoms with Crippen LogP contribution in [0.2, 0.25) is 0 Å². The highest BCUT2D eigenvalue weighted by Crippen LogP contribution is 2.44. The molecule has 5 heteroatoms. The molecule has 1 aliphatic carbocycles. The lowest BCUT2D eigenvalue weighted by Crippen LogP contribution is -2.41. The number of benzene rings is 2. The van der Waals surface area contributed by atoms with E-state index in [1.165, 1.54) is 25.3 Å². The summed E-state index contributed by atoms with van der Waals surface area (Å²) in [5, 5.41) is 4.83. The number of hydrogen-bond acceptors (Lipinski definition) is 4. The Morgan fingerprint density at radius 1 is 1.00 bits per heavy atom. The second-order valence-corrected chi connectivity index (χ2v) is 8.45. The van der Waals surface area contributed by atoms with Crippen LogP contribution < -0.4 is 10.2 Å². The standard InChI is InChI=1S/C26H24FN3O/c27-21-11-5-4-10-20(21)25-26(29-19-8-2-1-3-9-19)30-22(31-25)15-14-18-13-12-17-7-6-16-28-23(17)24(18)30/h4-7,10-16,19,22,29H,1-3,8-9H2. The predicted octanol–water partition coefficient (Wildman–Crippen LogP) is 5.81. The minimum atomic E-state index is -0.333. The molecular weight excluding hydrogens is 389 g/mol. The van der Waals surface area contributed by atoms with Crippen LogP contribution in [-0.2, 0) is 4.74 Å². The van der Waals surface area contributed by atoms with Crippen molar-refractivity contribution in [2.45, 2.75) is 44.4 Å². The van der Waals surface area contributed by atoms with Crippen molar-refractivity contribution in [3.8, 4) is 0 Å². The Labute approximate surface area is 181 Å². The van der Waals surface area contributed by atoms with Crippen molar-refractivity contribution in [2.24, 2.45) is 0 Å². The third-order valence-electron chi connectivity index (χ3n) is 6.47. The van der Waals surface area contributed by atoms with E-state index in [1.54, 1.807) is 12.1 Å². The molecule has 0 saturated heterocycles. The van der Waals surface area contributed by atoms with Crippen molar-refractivity contribution in [1.29, 1.82) is 0 Å². The highest BCUT2D eigenvalue weighted by molar-refractivity contribution is 5.98. The fourth-order valence-corrected chi connectivity index (χ4v) is 4.96. The molecule has 2 aliphatic heterocycles. The van der Waals surface area contributed by atoms with Gasteiger partial charge >= 0.3 is 0 Å². The number of nitrogens with one attached hydrogen (secondary N) is 1. The summed E-state index contributed by atoms with van der Waals surface area (Å²) in [6.07, 6.45) is 11.5. The van der Waals surface area contributed by atoms with Gasteiger partial charge in [-0.2, -0.15) is 0 Å². The second kappa shape index (κ2) is 7.41. The molecule has 4 nitrogen and oxygen atoms in total. The van der Waals surface area contributed by atoms with Crippen LogP contribution in [0.3, 0.4) is 0 Å². The molecule has 3 aromatic rings. The molecule has 1 aromatic heterocycles. The van der Waals surface area contributed by atoms with E-state index in [9.17, 15) is 4.39 Å². The van der Waals surface area contributed by atoms with E-state index in [0.717, 1.165) is 40.8 Å². The molecule has 1 atom stereocenters. The minimum Gasteiger partial charge on any atom is -0.462 e. The van der Waals surface area contributed by atoms with Gasteiger partial charge in [0.2, 0.25) is 0 Å². The number of pyridine rings is 1. The number of ether oxygens (including phenoxy) is 1. The maximum Gasteiger partial charge on any atom is 0.197 e. The Morgan fingerprint density at radius 2 is 1.87 bits per heavy atom. The quantitative estimate of drug-likeness (QED) is 0.588. The van der Waals surface area contributed by atoms with Crippen molar-refractivity contribution in [2.75, 3.05) is 4.90 Å². The van der Waals surface area contributed by atoms with Crippen LogP contribution in [0.5, 0.6) is 0 Å². The predicted molar refractivity (Wildman–Crippen MR) is 121 cm³/mol. The van der Waals surface area contributed by atoms with Crippen LogP contribution >= 0.6 is 0 Å². The highest BCUT2D eigenvalue weighted by Gasteiger charge is 2.39. The first-order valence-corrected chi connectivity index (χ1v) is 11.1. The maximum absolute atomic E-state index is 14.8. The Morgan fingerprint density at radius 3 is 2.74 bits per heavy atom. The first kappa shape index (κ1) is 18.4. The van der Waals surface area contributed by atoms with Crippen LogP contribution in [-0.4, -0.2) is 17.3 Å². The normalized spacial score (nSPS) is 20.5. The minimum absolute atomic E-state index is 0.277. The van der Waals surface area contributed by atoms with Gasteiger partial charge in [0, 0.05) is 23.2 Å². The molecule has 0 bridgehead atoms. The number of nitrogens with zero attached hydrogens (tertiary/aromatic N) is 2. The Hall–Kier alpha value is -3.34. The summed E-state index contributed by atoms with van der Waals surface area (Å²) in [7, 11) is 0. The molecule has 1 N–H and O–H groups in total. The Kier molecular flexibility index (Phi) is 4.41. The zero-order valence-electron chi connectivity index (χ0n) is 17.2. The van der Waals surface area contributed by atoms with Crippen LogP contribution in [0.15, 0.2) is 66.6 Å². The largest absolute Gasteiger partial charge is 0.462 e. The molecule has 0 spiro atoms. The third-order valence-corrected chi connectivity index (χ3v) is 6.47. The van der Waals surface area contributed by atoms with Crippen molar-refractivity contribution in [1.82, 2.24) is 10.3 Å². The maximum atomic E-state index is 14.8. The van der Waals surface area contributed by atoms with Crippen LogP contribution in [0, 0.1) is 5.82 Å². The average Bonchev–Trinajstić information content (AvgIpc) is 3.18. The van der Waals surface area contributed by atoms with Crippen molar-refractivity contribution in [3.05, 3.63) is 83.6 Å². The van der Waals surface area contributed by atoms with Gasteiger partial charge in [0.1, 0.15) is 5.82 Å². The zero-order valence-corrected chi connectivity index (χ0v) is 17.2. The number of anilines is 1. The van der Waals surface area contributed by atoms with Gasteiger partial charge in [-0.3, -0.25) is 9.88 Å². The molecule has 156 valence electrons. The molecule has 1 saturated carbocycles. The summed E-state index contributed by atoms with van der Waals surface area (Å²) in [5.41, 5.74) is 3.51. The number of hydrogen-bond donors (Lipinski definition) is 1. The number of aromatic nitrogens is 1. The zero-order chi connectivity index (χ0) is 20.8. The van der Waals surface area contributed by atoms with E-state index < -0.39 is 0 Å². The lowest BCUT2D eigenvalue weighted by molar-refractivity contribution is 0.237. The first-order chi connectivity index (χ1) is 15.3. The van der Waals surface area contributed by atoms with E-state index in [4.69, 9.17) is 9.72 Å². The van der Waals surface area contributed by atoms with Gasteiger partial charge < -0.3 is 10.1 Å². The summed E-state index contributed by atoms with van der Waals surface area (Å²) in [5.74, 6) is 1.13. The molecule has 1 unspecified atom stereocenters. The van der Waals surface area contributed by atoms with E-state index in [1.807, 2.05) is 24.4 Å². The van der Waals surface area contributed by atoms with E-state index >= 15 is 0 Å². The van der Waals surface area contributed by atoms with Gasteiger partial charge in [0.05, 0.1) is 16.8 Å². The van der Waals surface area contributed by atoms with Crippen LogP contribution in [0.1, 0.15) is 43.2 Å². The lowest BCUT2D eigenvalue weighted by Gasteiger charge is -2.33. The number of rotatable bonds is 3. The van der Waals surface area contributed by atoms with Crippen molar-refractivity contribution < 1.29 is 9.13 Å². The summed E-state index contributed by atoms with van der Waals surface area (Å²) >= 11 is 0. The van der Waals surface area contributed by atoms with Gasteiger partial charge in [-0.05, 0) is 37.1 Å². The number of fused-ring (bicyclic) bond motifs is 5. The molecule has 0 radical (unpaired) electrons. The Bertz CT molecular complexity index is 1210. The average molecular weight is 413 g/mol.